The number of rotatable bonds is 3. The Morgan fingerprint density at radius 1 is 1.53 bits per heavy atom. The average molecular weight is 212 g/mol. The van der Waals surface area contributed by atoms with E-state index >= 15 is 0 Å². The highest BCUT2D eigenvalue weighted by molar-refractivity contribution is 5.86. The van der Waals surface area contributed by atoms with Crippen molar-refractivity contribution < 1.29 is 4.79 Å². The standard InChI is InChI=1S/C12H24N2O/c1-5-7-12(4,13)10(15)14-9-6-8-11(14,2)3/h5-9,13H2,1-4H3. The molecule has 0 aromatic heterocycles. The molecule has 0 bridgehead atoms. The van der Waals surface area contributed by atoms with E-state index in [4.69, 9.17) is 5.73 Å². The van der Waals surface area contributed by atoms with Gasteiger partial charge in [-0.2, -0.15) is 0 Å². The van der Waals surface area contributed by atoms with E-state index in [1.165, 1.54) is 0 Å². The molecule has 1 atom stereocenters. The van der Waals surface area contributed by atoms with Crippen LogP contribution in [0.4, 0.5) is 0 Å². The minimum absolute atomic E-state index is 0.00848. The molecule has 0 aliphatic carbocycles. The molecule has 88 valence electrons. The number of hydrogen-bond donors (Lipinski definition) is 1. The summed E-state index contributed by atoms with van der Waals surface area (Å²) in [4.78, 5) is 14.2. The molecule has 0 aromatic carbocycles. The maximum Gasteiger partial charge on any atom is 0.242 e. The second-order valence-electron chi connectivity index (χ2n) is 5.54. The van der Waals surface area contributed by atoms with Crippen LogP contribution in [0.5, 0.6) is 0 Å². The van der Waals surface area contributed by atoms with Gasteiger partial charge in [0.15, 0.2) is 0 Å². The predicted octanol–water partition coefficient (Wildman–Crippen LogP) is 1.90. The lowest BCUT2D eigenvalue weighted by Crippen LogP contribution is -2.57. The molecule has 0 spiro atoms. The van der Waals surface area contributed by atoms with Gasteiger partial charge in [0, 0.05) is 12.1 Å². The van der Waals surface area contributed by atoms with Gasteiger partial charge in [-0.15, -0.1) is 0 Å². The topological polar surface area (TPSA) is 46.3 Å². The van der Waals surface area contributed by atoms with Crippen molar-refractivity contribution in [1.29, 1.82) is 0 Å². The van der Waals surface area contributed by atoms with Crippen LogP contribution in [0.25, 0.3) is 0 Å². The van der Waals surface area contributed by atoms with Gasteiger partial charge in [-0.1, -0.05) is 13.3 Å². The summed E-state index contributed by atoms with van der Waals surface area (Å²) in [6.45, 7) is 9.03. The van der Waals surface area contributed by atoms with Crippen molar-refractivity contribution in [3.8, 4) is 0 Å². The number of carbonyl (C=O) groups excluding carboxylic acids is 1. The SMILES string of the molecule is CCCC(C)(N)C(=O)N1CCCC1(C)C. The van der Waals surface area contributed by atoms with Crippen LogP contribution in [0, 0.1) is 0 Å². The summed E-state index contributed by atoms with van der Waals surface area (Å²) in [6, 6.07) is 0. The average Bonchev–Trinajstić information content (AvgIpc) is 2.43. The lowest BCUT2D eigenvalue weighted by molar-refractivity contribution is -0.139. The number of hydrogen-bond acceptors (Lipinski definition) is 2. The van der Waals surface area contributed by atoms with Crippen molar-refractivity contribution in [2.24, 2.45) is 5.73 Å². The molecule has 2 N–H and O–H groups in total. The van der Waals surface area contributed by atoms with E-state index in [1.807, 2.05) is 11.8 Å². The molecule has 1 fully saturated rings. The fourth-order valence-electron chi connectivity index (χ4n) is 2.42. The van der Waals surface area contributed by atoms with E-state index in [0.717, 1.165) is 32.2 Å². The van der Waals surface area contributed by atoms with Crippen molar-refractivity contribution >= 4 is 5.91 Å². The summed E-state index contributed by atoms with van der Waals surface area (Å²) in [5, 5.41) is 0. The van der Waals surface area contributed by atoms with E-state index < -0.39 is 5.54 Å². The van der Waals surface area contributed by atoms with Crippen molar-refractivity contribution in [3.63, 3.8) is 0 Å². The van der Waals surface area contributed by atoms with Gasteiger partial charge >= 0.3 is 0 Å². The molecule has 15 heavy (non-hydrogen) atoms. The lowest BCUT2D eigenvalue weighted by Gasteiger charge is -2.37. The molecule has 0 aromatic rings. The first-order valence-corrected chi connectivity index (χ1v) is 5.92. The first kappa shape index (κ1) is 12.5. The van der Waals surface area contributed by atoms with Crippen LogP contribution in [0.2, 0.25) is 0 Å². The quantitative estimate of drug-likeness (QED) is 0.776. The minimum atomic E-state index is -0.684. The second-order valence-corrected chi connectivity index (χ2v) is 5.54. The minimum Gasteiger partial charge on any atom is -0.336 e. The van der Waals surface area contributed by atoms with E-state index in [-0.39, 0.29) is 11.4 Å². The Labute approximate surface area is 93.0 Å². The van der Waals surface area contributed by atoms with Crippen LogP contribution in [0.3, 0.4) is 0 Å². The van der Waals surface area contributed by atoms with Crippen LogP contribution in [-0.4, -0.2) is 28.4 Å². The second kappa shape index (κ2) is 4.12. The first-order chi connectivity index (χ1) is 6.81. The van der Waals surface area contributed by atoms with Crippen molar-refractivity contribution in [3.05, 3.63) is 0 Å². The zero-order valence-corrected chi connectivity index (χ0v) is 10.5. The van der Waals surface area contributed by atoms with Crippen molar-refractivity contribution in [1.82, 2.24) is 4.90 Å². The third kappa shape index (κ3) is 2.51. The Morgan fingerprint density at radius 3 is 2.53 bits per heavy atom. The molecular weight excluding hydrogens is 188 g/mol. The maximum atomic E-state index is 12.3. The lowest BCUT2D eigenvalue weighted by atomic mass is 9.93. The van der Waals surface area contributed by atoms with Crippen LogP contribution < -0.4 is 5.73 Å². The molecule has 1 unspecified atom stereocenters. The number of nitrogens with two attached hydrogens (primary N) is 1. The molecule has 1 saturated heterocycles. The molecule has 1 rings (SSSR count). The summed E-state index contributed by atoms with van der Waals surface area (Å²) in [5.74, 6) is 0.117. The summed E-state index contributed by atoms with van der Waals surface area (Å²) in [7, 11) is 0. The highest BCUT2D eigenvalue weighted by atomic mass is 16.2. The Balaban J connectivity index is 2.76. The van der Waals surface area contributed by atoms with Gasteiger partial charge in [0.2, 0.25) is 5.91 Å². The highest BCUT2D eigenvalue weighted by Crippen LogP contribution is 2.30. The Bertz CT molecular complexity index is 246. The Kier molecular flexibility index (Phi) is 3.44. The number of nitrogens with zero attached hydrogens (tertiary/aromatic N) is 1. The Morgan fingerprint density at radius 2 is 2.13 bits per heavy atom. The van der Waals surface area contributed by atoms with Gasteiger partial charge in [-0.25, -0.2) is 0 Å². The first-order valence-electron chi connectivity index (χ1n) is 5.92. The summed E-state index contributed by atoms with van der Waals surface area (Å²) >= 11 is 0. The molecule has 3 nitrogen and oxygen atoms in total. The van der Waals surface area contributed by atoms with E-state index in [9.17, 15) is 4.79 Å². The van der Waals surface area contributed by atoms with Crippen LogP contribution in [-0.2, 0) is 4.79 Å². The molecule has 3 heteroatoms. The largest absolute Gasteiger partial charge is 0.336 e. The molecule has 0 saturated carbocycles. The number of amides is 1. The van der Waals surface area contributed by atoms with Crippen LogP contribution in [0.15, 0.2) is 0 Å². The van der Waals surface area contributed by atoms with Crippen molar-refractivity contribution in [2.45, 2.75) is 64.5 Å². The van der Waals surface area contributed by atoms with Gasteiger partial charge in [0.1, 0.15) is 0 Å². The Hall–Kier alpha value is -0.570. The van der Waals surface area contributed by atoms with Crippen LogP contribution in [0.1, 0.15) is 53.4 Å². The number of carbonyl (C=O) groups is 1. The number of likely N-dealkylation sites (tertiary alicyclic amines) is 1. The van der Waals surface area contributed by atoms with Gasteiger partial charge in [0.05, 0.1) is 5.54 Å². The summed E-state index contributed by atoms with van der Waals surface area (Å²) in [6.07, 6.45) is 3.90. The van der Waals surface area contributed by atoms with Gasteiger partial charge in [-0.05, 0) is 40.0 Å². The molecule has 1 heterocycles. The van der Waals surface area contributed by atoms with Gasteiger partial charge < -0.3 is 10.6 Å². The van der Waals surface area contributed by atoms with Gasteiger partial charge in [-0.3, -0.25) is 4.79 Å². The van der Waals surface area contributed by atoms with Crippen molar-refractivity contribution in [2.75, 3.05) is 6.54 Å². The zero-order chi connectivity index (χ0) is 11.7. The monoisotopic (exact) mass is 212 g/mol. The summed E-state index contributed by atoms with van der Waals surface area (Å²) < 4.78 is 0. The van der Waals surface area contributed by atoms with E-state index in [2.05, 4.69) is 20.8 Å². The zero-order valence-electron chi connectivity index (χ0n) is 10.5. The maximum absolute atomic E-state index is 12.3. The normalized spacial score (nSPS) is 23.9. The third-order valence-electron chi connectivity index (χ3n) is 3.40. The molecule has 1 aliphatic heterocycles. The highest BCUT2D eigenvalue weighted by Gasteiger charge is 2.41. The van der Waals surface area contributed by atoms with E-state index in [0.29, 0.717) is 0 Å². The van der Waals surface area contributed by atoms with Gasteiger partial charge in [0.25, 0.3) is 0 Å². The predicted molar refractivity (Wildman–Crippen MR) is 62.5 cm³/mol. The molecule has 1 aliphatic rings. The smallest absolute Gasteiger partial charge is 0.242 e. The fourth-order valence-corrected chi connectivity index (χ4v) is 2.42. The fraction of sp³-hybridized carbons (Fsp3) is 0.917. The third-order valence-corrected chi connectivity index (χ3v) is 3.40. The molecule has 1 amide bonds. The molecule has 0 radical (unpaired) electrons. The molecular formula is C12H24N2O. The van der Waals surface area contributed by atoms with E-state index in [1.54, 1.807) is 0 Å². The van der Waals surface area contributed by atoms with Crippen LogP contribution >= 0.6 is 0 Å². The summed E-state index contributed by atoms with van der Waals surface area (Å²) in [5.41, 5.74) is 5.39.